The molecule has 0 aliphatic heterocycles. The number of rotatable bonds is 49. The molecule has 5 nitrogen and oxygen atoms in total. The molecule has 0 saturated heterocycles. The number of ether oxygens (including phenoxy) is 2. The second-order valence-electron chi connectivity index (χ2n) is 17.9. The van der Waals surface area contributed by atoms with Crippen molar-refractivity contribution in [1.82, 2.24) is 0 Å². The summed E-state index contributed by atoms with van der Waals surface area (Å²) in [5, 5.41) is 9.58. The minimum Gasteiger partial charge on any atom is -0.462 e. The predicted octanol–water partition coefficient (Wildman–Crippen LogP) is 17.7. The summed E-state index contributed by atoms with van der Waals surface area (Å²) in [5.41, 5.74) is 0. The predicted molar refractivity (Wildman–Crippen MR) is 265 cm³/mol. The van der Waals surface area contributed by atoms with E-state index in [9.17, 15) is 14.7 Å². The van der Waals surface area contributed by atoms with Crippen LogP contribution in [-0.2, 0) is 19.1 Å². The number of unbranched alkanes of at least 4 members (excludes halogenated alkanes) is 33. The van der Waals surface area contributed by atoms with Crippen LogP contribution in [-0.4, -0.2) is 36.4 Å². The quantitative estimate of drug-likeness (QED) is 0.0375. The third kappa shape index (κ3) is 50.4. The van der Waals surface area contributed by atoms with Gasteiger partial charge in [-0.15, -0.1) is 0 Å². The third-order valence-corrected chi connectivity index (χ3v) is 11.9. The van der Waals surface area contributed by atoms with Gasteiger partial charge in [0.15, 0.2) is 6.10 Å². The topological polar surface area (TPSA) is 72.8 Å². The molecule has 1 atom stereocenters. The average molecular weight is 855 g/mol. The lowest BCUT2D eigenvalue weighted by Crippen LogP contribution is -2.28. The first-order chi connectivity index (χ1) is 30.1. The maximum Gasteiger partial charge on any atom is 0.306 e. The zero-order valence-electron chi connectivity index (χ0n) is 40.7. The fraction of sp³-hybridized carbons (Fsp3) is 0.821. The Morgan fingerprint density at radius 1 is 0.393 bits per heavy atom. The Bertz CT molecular complexity index is 1010. The van der Waals surface area contributed by atoms with Gasteiger partial charge in [0.05, 0.1) is 6.61 Å². The highest BCUT2D eigenvalue weighted by Crippen LogP contribution is 2.17. The molecule has 0 fully saturated rings. The molecule has 0 rings (SSSR count). The molecule has 1 N–H and O–H groups in total. The van der Waals surface area contributed by atoms with Crippen LogP contribution in [0.25, 0.3) is 0 Å². The molecule has 5 heteroatoms. The Balaban J connectivity index is 3.40. The molecule has 1 unspecified atom stereocenters. The van der Waals surface area contributed by atoms with Gasteiger partial charge in [0.25, 0.3) is 0 Å². The fourth-order valence-electron chi connectivity index (χ4n) is 7.93. The molecule has 0 aliphatic carbocycles. The van der Waals surface area contributed by atoms with Crippen LogP contribution in [0.15, 0.2) is 48.6 Å². The highest BCUT2D eigenvalue weighted by molar-refractivity contribution is 5.70. The summed E-state index contributed by atoms with van der Waals surface area (Å²) >= 11 is 0. The number of hydrogen-bond acceptors (Lipinski definition) is 5. The third-order valence-electron chi connectivity index (χ3n) is 11.9. The van der Waals surface area contributed by atoms with Crippen LogP contribution in [0.5, 0.6) is 0 Å². The molecule has 0 bridgehead atoms. The number of aliphatic hydroxyl groups excluding tert-OH is 1. The van der Waals surface area contributed by atoms with Crippen molar-refractivity contribution >= 4 is 11.9 Å². The van der Waals surface area contributed by atoms with E-state index in [0.717, 1.165) is 44.9 Å². The first-order valence-corrected chi connectivity index (χ1v) is 26.7. The molecule has 0 amide bonds. The number of allylic oxidation sites excluding steroid dienone is 8. The second kappa shape index (κ2) is 52.2. The molecule has 0 aromatic carbocycles. The van der Waals surface area contributed by atoms with Crippen molar-refractivity contribution in [3.05, 3.63) is 48.6 Å². The fourth-order valence-corrected chi connectivity index (χ4v) is 7.93. The summed E-state index contributed by atoms with van der Waals surface area (Å²) < 4.78 is 10.6. The van der Waals surface area contributed by atoms with Gasteiger partial charge in [0, 0.05) is 12.8 Å². The van der Waals surface area contributed by atoms with Crippen LogP contribution in [0.3, 0.4) is 0 Å². The van der Waals surface area contributed by atoms with Crippen LogP contribution >= 0.6 is 0 Å². The minimum absolute atomic E-state index is 0.0925. The summed E-state index contributed by atoms with van der Waals surface area (Å²) in [5.74, 6) is -0.677. The zero-order chi connectivity index (χ0) is 44.2. The highest BCUT2D eigenvalue weighted by atomic mass is 16.6. The molecular formula is C56H102O5. The molecule has 0 radical (unpaired) electrons. The van der Waals surface area contributed by atoms with Crippen LogP contribution in [0.1, 0.15) is 277 Å². The van der Waals surface area contributed by atoms with Gasteiger partial charge in [-0.2, -0.15) is 0 Å². The van der Waals surface area contributed by atoms with Gasteiger partial charge in [0.2, 0.25) is 0 Å². The van der Waals surface area contributed by atoms with Crippen molar-refractivity contribution in [2.45, 2.75) is 283 Å². The minimum atomic E-state index is -0.808. The van der Waals surface area contributed by atoms with E-state index in [0.29, 0.717) is 12.8 Å². The Hall–Kier alpha value is -2.14. The molecule has 0 aliphatic rings. The Morgan fingerprint density at radius 2 is 0.705 bits per heavy atom. The highest BCUT2D eigenvalue weighted by Gasteiger charge is 2.15. The lowest BCUT2D eigenvalue weighted by Gasteiger charge is -2.15. The normalized spacial score (nSPS) is 12.5. The van der Waals surface area contributed by atoms with E-state index in [1.54, 1.807) is 0 Å². The van der Waals surface area contributed by atoms with E-state index in [2.05, 4.69) is 50.3 Å². The van der Waals surface area contributed by atoms with E-state index in [4.69, 9.17) is 9.47 Å². The smallest absolute Gasteiger partial charge is 0.306 e. The summed E-state index contributed by atoms with van der Waals surface area (Å²) in [6.45, 7) is 3.99. The molecule has 61 heavy (non-hydrogen) atoms. The summed E-state index contributed by atoms with van der Waals surface area (Å²) in [6, 6.07) is 0. The molecule has 0 spiro atoms. The van der Waals surface area contributed by atoms with E-state index < -0.39 is 6.10 Å². The maximum atomic E-state index is 12.2. The van der Waals surface area contributed by atoms with Gasteiger partial charge in [-0.1, -0.05) is 274 Å². The van der Waals surface area contributed by atoms with Crippen LogP contribution in [0, 0.1) is 0 Å². The number of esters is 2. The first-order valence-electron chi connectivity index (χ1n) is 26.7. The van der Waals surface area contributed by atoms with E-state index in [1.165, 1.54) is 199 Å². The molecule has 0 aromatic rings. The largest absolute Gasteiger partial charge is 0.462 e. The summed E-state index contributed by atoms with van der Waals surface area (Å²) in [7, 11) is 0. The van der Waals surface area contributed by atoms with Gasteiger partial charge < -0.3 is 14.6 Å². The van der Waals surface area contributed by atoms with E-state index in [-0.39, 0.29) is 31.6 Å². The van der Waals surface area contributed by atoms with Crippen molar-refractivity contribution in [2.24, 2.45) is 0 Å². The second-order valence-corrected chi connectivity index (χ2v) is 17.9. The van der Waals surface area contributed by atoms with Crippen LogP contribution in [0.4, 0.5) is 0 Å². The van der Waals surface area contributed by atoms with Gasteiger partial charge >= 0.3 is 11.9 Å². The molecule has 0 saturated carbocycles. The summed E-state index contributed by atoms with van der Waals surface area (Å²) in [6.07, 6.45) is 68.4. The van der Waals surface area contributed by atoms with Crippen molar-refractivity contribution in [1.29, 1.82) is 0 Å². The van der Waals surface area contributed by atoms with Gasteiger partial charge in [0.1, 0.15) is 6.61 Å². The van der Waals surface area contributed by atoms with Crippen LogP contribution < -0.4 is 0 Å². The summed E-state index contributed by atoms with van der Waals surface area (Å²) in [4.78, 5) is 24.3. The molecular weight excluding hydrogens is 753 g/mol. The van der Waals surface area contributed by atoms with Gasteiger partial charge in [-0.05, 0) is 38.5 Å². The SMILES string of the molecule is CC/C=C\C/C=C\C/C=C\C/C=C\CCC(=O)OC(CO)COC(=O)CCCCCCCCCCCCCCCCCCCCCCCCCCCCCCCCCCCC. The number of carbonyl (C=O) groups is 2. The number of carbonyl (C=O) groups excluding carboxylic acids is 2. The number of hydrogen-bond donors (Lipinski definition) is 1. The Kier molecular flexibility index (Phi) is 50.4. The first kappa shape index (κ1) is 58.9. The van der Waals surface area contributed by atoms with E-state index in [1.807, 2.05) is 12.2 Å². The van der Waals surface area contributed by atoms with Gasteiger partial charge in [-0.3, -0.25) is 9.59 Å². The van der Waals surface area contributed by atoms with Crippen molar-refractivity contribution in [2.75, 3.05) is 13.2 Å². The average Bonchev–Trinajstić information content (AvgIpc) is 3.26. The monoisotopic (exact) mass is 855 g/mol. The lowest BCUT2D eigenvalue weighted by molar-refractivity contribution is -0.161. The van der Waals surface area contributed by atoms with E-state index >= 15 is 0 Å². The molecule has 0 heterocycles. The van der Waals surface area contributed by atoms with Gasteiger partial charge in [-0.25, -0.2) is 0 Å². The zero-order valence-corrected chi connectivity index (χ0v) is 40.7. The molecule has 0 aromatic heterocycles. The van der Waals surface area contributed by atoms with Crippen LogP contribution in [0.2, 0.25) is 0 Å². The Morgan fingerprint density at radius 3 is 1.03 bits per heavy atom. The van der Waals surface area contributed by atoms with Crippen molar-refractivity contribution < 1.29 is 24.2 Å². The number of aliphatic hydroxyl groups is 1. The molecule has 356 valence electrons. The van der Waals surface area contributed by atoms with Crippen molar-refractivity contribution in [3.8, 4) is 0 Å². The Labute approximate surface area is 379 Å². The van der Waals surface area contributed by atoms with Crippen molar-refractivity contribution in [3.63, 3.8) is 0 Å². The maximum absolute atomic E-state index is 12.2. The standard InChI is InChI=1S/C56H102O5/c1-3-5-7-9-11-13-15-17-18-19-20-21-22-23-24-25-26-27-28-29-30-31-32-33-34-35-36-37-39-40-42-44-46-48-50-55(58)60-53-54(52-57)61-56(59)51-49-47-45-43-41-38-16-14-12-10-8-6-4-2/h6,8,12,14,38,41,45,47,54,57H,3-5,7,9-11,13,15-37,39-40,42-44,46,48-53H2,1-2H3/b8-6-,14-12-,41-38-,47-45-. The lowest BCUT2D eigenvalue weighted by atomic mass is 10.0.